The van der Waals surface area contributed by atoms with Crippen LogP contribution in [-0.2, 0) is 19.6 Å². The first-order valence-corrected chi connectivity index (χ1v) is 6.05. The maximum atomic E-state index is 5.62. The zero-order valence-corrected chi connectivity index (χ0v) is 10.9. The summed E-state index contributed by atoms with van der Waals surface area (Å²) in [7, 11) is 0. The van der Waals surface area contributed by atoms with E-state index in [4.69, 9.17) is 5.73 Å². The number of nitrogens with two attached hydrogens (primary N) is 1. The highest BCUT2D eigenvalue weighted by Crippen LogP contribution is 2.19. The Kier molecular flexibility index (Phi) is 3.66. The second-order valence-corrected chi connectivity index (χ2v) is 5.06. The third kappa shape index (κ3) is 2.59. The molecule has 3 rings (SSSR count). The molecule has 0 atom stereocenters. The molecule has 5 nitrogen and oxygen atoms in total. The molecule has 2 aromatic heterocycles. The van der Waals surface area contributed by atoms with Crippen molar-refractivity contribution in [1.29, 1.82) is 0 Å². The van der Waals surface area contributed by atoms with Gasteiger partial charge in [0.05, 0.1) is 6.54 Å². The fourth-order valence-corrected chi connectivity index (χ4v) is 2.70. The van der Waals surface area contributed by atoms with Gasteiger partial charge in [-0.15, -0.1) is 23.7 Å². The lowest BCUT2D eigenvalue weighted by Crippen LogP contribution is -2.32. The molecule has 0 spiro atoms. The lowest BCUT2D eigenvalue weighted by atomic mass is 10.3. The molecule has 0 bridgehead atoms. The number of hydrogen-bond donors (Lipinski definition) is 1. The molecule has 1 aliphatic rings. The van der Waals surface area contributed by atoms with E-state index in [0.29, 0.717) is 5.13 Å². The van der Waals surface area contributed by atoms with Crippen LogP contribution in [0.3, 0.4) is 0 Å². The van der Waals surface area contributed by atoms with Gasteiger partial charge in [0.15, 0.2) is 5.13 Å². The maximum absolute atomic E-state index is 5.62. The number of imidazole rings is 1. The van der Waals surface area contributed by atoms with E-state index in [-0.39, 0.29) is 12.4 Å². The number of anilines is 1. The van der Waals surface area contributed by atoms with Crippen LogP contribution in [0.1, 0.15) is 10.7 Å². The number of nitrogens with zero attached hydrogens (tertiary/aromatic N) is 4. The monoisotopic (exact) mass is 271 g/mol. The van der Waals surface area contributed by atoms with Crippen molar-refractivity contribution in [2.75, 3.05) is 12.3 Å². The van der Waals surface area contributed by atoms with E-state index in [0.717, 1.165) is 32.0 Å². The van der Waals surface area contributed by atoms with Crippen LogP contribution in [0.4, 0.5) is 5.13 Å². The average Bonchev–Trinajstić information content (AvgIpc) is 2.87. The molecule has 2 aromatic rings. The molecule has 0 unspecified atom stereocenters. The van der Waals surface area contributed by atoms with Crippen LogP contribution >= 0.6 is 23.7 Å². The zero-order chi connectivity index (χ0) is 11.0. The molecule has 0 amide bonds. The van der Waals surface area contributed by atoms with Gasteiger partial charge in [-0.3, -0.25) is 4.90 Å². The van der Waals surface area contributed by atoms with E-state index in [1.807, 2.05) is 18.6 Å². The molecule has 17 heavy (non-hydrogen) atoms. The van der Waals surface area contributed by atoms with Crippen molar-refractivity contribution >= 4 is 28.9 Å². The minimum absolute atomic E-state index is 0. The molecular formula is C10H14ClN5S. The summed E-state index contributed by atoms with van der Waals surface area (Å²) in [6, 6.07) is 0. The van der Waals surface area contributed by atoms with Crippen LogP contribution in [-0.4, -0.2) is 26.0 Å². The minimum Gasteiger partial charge on any atom is -0.375 e. The second-order valence-electron chi connectivity index (χ2n) is 3.91. The summed E-state index contributed by atoms with van der Waals surface area (Å²) < 4.78 is 2.21. The SMILES string of the molecule is Cl.Nc1ncc(CN2CCn3ccnc3C2)s1. The molecule has 0 fully saturated rings. The molecular weight excluding hydrogens is 258 g/mol. The Morgan fingerprint density at radius 3 is 3.00 bits per heavy atom. The van der Waals surface area contributed by atoms with Gasteiger partial charge in [-0.25, -0.2) is 9.97 Å². The molecule has 2 N–H and O–H groups in total. The van der Waals surface area contributed by atoms with Crippen LogP contribution in [0, 0.1) is 0 Å². The first-order chi connectivity index (χ1) is 7.81. The van der Waals surface area contributed by atoms with Crippen molar-refractivity contribution in [2.45, 2.75) is 19.6 Å². The van der Waals surface area contributed by atoms with Crippen molar-refractivity contribution in [1.82, 2.24) is 19.4 Å². The topological polar surface area (TPSA) is 60.0 Å². The highest BCUT2D eigenvalue weighted by molar-refractivity contribution is 7.15. The van der Waals surface area contributed by atoms with E-state index in [1.54, 1.807) is 11.3 Å². The smallest absolute Gasteiger partial charge is 0.180 e. The lowest BCUT2D eigenvalue weighted by molar-refractivity contribution is 0.210. The van der Waals surface area contributed by atoms with Gasteiger partial charge in [-0.05, 0) is 0 Å². The first kappa shape index (κ1) is 12.3. The van der Waals surface area contributed by atoms with Crippen molar-refractivity contribution in [3.63, 3.8) is 0 Å². The summed E-state index contributed by atoms with van der Waals surface area (Å²) in [5, 5.41) is 0.647. The van der Waals surface area contributed by atoms with Gasteiger partial charge >= 0.3 is 0 Å². The third-order valence-electron chi connectivity index (χ3n) is 2.77. The number of fused-ring (bicyclic) bond motifs is 1. The number of halogens is 1. The molecule has 0 radical (unpaired) electrons. The van der Waals surface area contributed by atoms with Gasteiger partial charge in [-0.1, -0.05) is 0 Å². The molecule has 3 heterocycles. The van der Waals surface area contributed by atoms with E-state index in [2.05, 4.69) is 19.4 Å². The predicted molar refractivity (Wildman–Crippen MR) is 70.1 cm³/mol. The average molecular weight is 272 g/mol. The Bertz CT molecular complexity index is 494. The quantitative estimate of drug-likeness (QED) is 0.896. The summed E-state index contributed by atoms with van der Waals surface area (Å²) >= 11 is 1.56. The number of thiazole rings is 1. The van der Waals surface area contributed by atoms with Gasteiger partial charge in [0.2, 0.25) is 0 Å². The third-order valence-corrected chi connectivity index (χ3v) is 3.59. The van der Waals surface area contributed by atoms with Gasteiger partial charge < -0.3 is 10.3 Å². The first-order valence-electron chi connectivity index (χ1n) is 5.24. The van der Waals surface area contributed by atoms with Crippen LogP contribution < -0.4 is 5.73 Å². The minimum atomic E-state index is 0. The summed E-state index contributed by atoms with van der Waals surface area (Å²) in [5.74, 6) is 1.14. The molecule has 0 aliphatic carbocycles. The van der Waals surface area contributed by atoms with Crippen molar-refractivity contribution < 1.29 is 0 Å². The molecule has 92 valence electrons. The Hall–Kier alpha value is -1.11. The molecule has 1 aliphatic heterocycles. The number of hydrogen-bond acceptors (Lipinski definition) is 5. The number of rotatable bonds is 2. The van der Waals surface area contributed by atoms with E-state index < -0.39 is 0 Å². The van der Waals surface area contributed by atoms with Gasteiger partial charge in [0, 0.05) is 43.1 Å². The Morgan fingerprint density at radius 1 is 1.35 bits per heavy atom. The normalized spacial score (nSPS) is 15.3. The summed E-state index contributed by atoms with van der Waals surface area (Å²) in [6.45, 7) is 3.90. The van der Waals surface area contributed by atoms with Gasteiger partial charge in [0.1, 0.15) is 5.82 Å². The van der Waals surface area contributed by atoms with Crippen molar-refractivity contribution in [2.24, 2.45) is 0 Å². The summed E-state index contributed by atoms with van der Waals surface area (Å²) in [6.07, 6.45) is 5.77. The van der Waals surface area contributed by atoms with Gasteiger partial charge in [-0.2, -0.15) is 0 Å². The predicted octanol–water partition coefficient (Wildman–Crippen LogP) is 1.36. The Morgan fingerprint density at radius 2 is 2.24 bits per heavy atom. The van der Waals surface area contributed by atoms with Crippen LogP contribution in [0.15, 0.2) is 18.6 Å². The second kappa shape index (κ2) is 5.03. The van der Waals surface area contributed by atoms with Crippen LogP contribution in [0.5, 0.6) is 0 Å². The molecule has 7 heteroatoms. The van der Waals surface area contributed by atoms with Crippen molar-refractivity contribution in [3.05, 3.63) is 29.3 Å². The van der Waals surface area contributed by atoms with Crippen LogP contribution in [0.25, 0.3) is 0 Å². The standard InChI is InChI=1S/C10H13N5S.ClH/c11-10-13-5-8(16-10)6-14-3-4-15-2-1-12-9(15)7-14;/h1-2,5H,3-4,6-7H2,(H2,11,13);1H. The Labute approximate surface area is 110 Å². The zero-order valence-electron chi connectivity index (χ0n) is 9.24. The van der Waals surface area contributed by atoms with Crippen molar-refractivity contribution in [3.8, 4) is 0 Å². The summed E-state index contributed by atoms with van der Waals surface area (Å²) in [5.41, 5.74) is 5.62. The van der Waals surface area contributed by atoms with E-state index in [1.165, 1.54) is 4.88 Å². The lowest BCUT2D eigenvalue weighted by Gasteiger charge is -2.26. The van der Waals surface area contributed by atoms with E-state index in [9.17, 15) is 0 Å². The largest absolute Gasteiger partial charge is 0.375 e. The summed E-state index contributed by atoms with van der Waals surface area (Å²) in [4.78, 5) is 12.0. The Balaban J connectivity index is 0.00000108. The van der Waals surface area contributed by atoms with E-state index >= 15 is 0 Å². The van der Waals surface area contributed by atoms with Gasteiger partial charge in [0.25, 0.3) is 0 Å². The highest BCUT2D eigenvalue weighted by Gasteiger charge is 2.17. The molecule has 0 saturated heterocycles. The van der Waals surface area contributed by atoms with Crippen LogP contribution in [0.2, 0.25) is 0 Å². The molecule has 0 saturated carbocycles. The number of nitrogen functional groups attached to an aromatic ring is 1. The highest BCUT2D eigenvalue weighted by atomic mass is 35.5. The maximum Gasteiger partial charge on any atom is 0.180 e. The fraction of sp³-hybridized carbons (Fsp3) is 0.400. The fourth-order valence-electron chi connectivity index (χ4n) is 1.97. The number of aromatic nitrogens is 3. The molecule has 0 aromatic carbocycles.